The highest BCUT2D eigenvalue weighted by atomic mass is 15.1. The Morgan fingerprint density at radius 3 is 1.36 bits per heavy atom. The van der Waals surface area contributed by atoms with Crippen molar-refractivity contribution in [3.8, 4) is 0 Å². The maximum absolute atomic E-state index is 3.94. The number of allylic oxidation sites excluding steroid dienone is 2. The molecule has 0 heterocycles. The van der Waals surface area contributed by atoms with Gasteiger partial charge in [0.05, 0.1) is 0 Å². The largest absolute Gasteiger partial charge is 0.353 e. The summed E-state index contributed by atoms with van der Waals surface area (Å²) in [6, 6.07) is 0. The fourth-order valence-electron chi connectivity index (χ4n) is 0.632. The summed E-state index contributed by atoms with van der Waals surface area (Å²) in [5, 5.41) is 0. The molecule has 1 nitrogen and oxygen atoms in total. The van der Waals surface area contributed by atoms with Crippen molar-refractivity contribution in [2.24, 2.45) is 5.92 Å². The molecule has 14 heavy (non-hydrogen) atoms. The third-order valence-corrected chi connectivity index (χ3v) is 1.67. The molecule has 0 aliphatic heterocycles. The van der Waals surface area contributed by atoms with Crippen molar-refractivity contribution in [1.82, 2.24) is 4.90 Å². The molecule has 86 valence electrons. The van der Waals surface area contributed by atoms with Crippen LogP contribution in [0, 0.1) is 5.92 Å². The molecule has 0 aromatic carbocycles. The van der Waals surface area contributed by atoms with Gasteiger partial charge in [0.25, 0.3) is 0 Å². The molecular weight excluding hydrogens is 170 g/mol. The van der Waals surface area contributed by atoms with Crippen LogP contribution in [-0.2, 0) is 0 Å². The van der Waals surface area contributed by atoms with Gasteiger partial charge < -0.3 is 4.90 Å². The topological polar surface area (TPSA) is 3.24 Å². The average molecular weight is 199 g/mol. The predicted octanol–water partition coefficient (Wildman–Crippen LogP) is 4.67. The zero-order valence-corrected chi connectivity index (χ0v) is 11.4. The highest BCUT2D eigenvalue weighted by Crippen LogP contribution is 2.14. The summed E-state index contributed by atoms with van der Waals surface area (Å²) in [4.78, 5) is 2.02. The number of hydrogen-bond acceptors (Lipinski definition) is 1. The minimum Gasteiger partial charge on any atom is -0.353 e. The van der Waals surface area contributed by atoms with E-state index in [4.69, 9.17) is 0 Å². The van der Waals surface area contributed by atoms with Crippen LogP contribution >= 0.6 is 0 Å². The standard InChI is InChI=1S/C9H17N.2C2H6/c1-7(2)9(5)10(6)8(3)4;2*1-2/h7H,3,5H2,1-2,4,6H3;2*1-2H3. The fourth-order valence-corrected chi connectivity index (χ4v) is 0.632. The number of hydrogen-bond donors (Lipinski definition) is 0. The smallest absolute Gasteiger partial charge is 0.0127 e. The number of rotatable bonds is 3. The van der Waals surface area contributed by atoms with Crippen molar-refractivity contribution in [3.05, 3.63) is 24.6 Å². The molecule has 0 fully saturated rings. The van der Waals surface area contributed by atoms with E-state index in [2.05, 4.69) is 27.0 Å². The van der Waals surface area contributed by atoms with Crippen molar-refractivity contribution in [3.63, 3.8) is 0 Å². The predicted molar refractivity (Wildman–Crippen MR) is 69.3 cm³/mol. The molecule has 0 radical (unpaired) electrons. The monoisotopic (exact) mass is 199 g/mol. The second-order valence-corrected chi connectivity index (χ2v) is 2.94. The Morgan fingerprint density at radius 1 is 1.00 bits per heavy atom. The first kappa shape index (κ1) is 18.9. The molecule has 0 N–H and O–H groups in total. The van der Waals surface area contributed by atoms with E-state index in [-0.39, 0.29) is 0 Å². The molecule has 0 rings (SSSR count). The SMILES string of the molecule is C=C(C)N(C)C(=C)C(C)C.CC.CC. The summed E-state index contributed by atoms with van der Waals surface area (Å²) in [6.07, 6.45) is 0. The quantitative estimate of drug-likeness (QED) is 0.638. The van der Waals surface area contributed by atoms with E-state index in [0.717, 1.165) is 11.4 Å². The molecule has 1 heteroatoms. The minimum atomic E-state index is 0.502. The Hall–Kier alpha value is -0.720. The van der Waals surface area contributed by atoms with Gasteiger partial charge in [-0.3, -0.25) is 0 Å². The van der Waals surface area contributed by atoms with Gasteiger partial charge in [0.1, 0.15) is 0 Å². The molecule has 0 aliphatic carbocycles. The van der Waals surface area contributed by atoms with Crippen LogP contribution < -0.4 is 0 Å². The highest BCUT2D eigenvalue weighted by molar-refractivity contribution is 5.05. The van der Waals surface area contributed by atoms with Gasteiger partial charge in [0.2, 0.25) is 0 Å². The number of nitrogens with zero attached hydrogens (tertiary/aromatic N) is 1. The van der Waals surface area contributed by atoms with Gasteiger partial charge in [-0.2, -0.15) is 0 Å². The van der Waals surface area contributed by atoms with Crippen molar-refractivity contribution in [2.45, 2.75) is 48.5 Å². The molecule has 0 spiro atoms. The molecule has 0 amide bonds. The zero-order chi connectivity index (χ0) is 12.3. The molecule has 0 atom stereocenters. The first-order valence-corrected chi connectivity index (χ1v) is 5.54. The van der Waals surface area contributed by atoms with Crippen molar-refractivity contribution in [2.75, 3.05) is 7.05 Å². The zero-order valence-electron chi connectivity index (χ0n) is 11.4. The van der Waals surface area contributed by atoms with Crippen LogP contribution in [0.5, 0.6) is 0 Å². The van der Waals surface area contributed by atoms with E-state index in [1.165, 1.54) is 0 Å². The molecule has 0 saturated carbocycles. The Morgan fingerprint density at radius 2 is 1.29 bits per heavy atom. The molecular formula is C13H29N. The highest BCUT2D eigenvalue weighted by Gasteiger charge is 2.05. The van der Waals surface area contributed by atoms with Gasteiger partial charge in [-0.15, -0.1) is 0 Å². The van der Waals surface area contributed by atoms with E-state index < -0.39 is 0 Å². The Kier molecular flexibility index (Phi) is 16.6. The lowest BCUT2D eigenvalue weighted by atomic mass is 10.1. The molecule has 0 unspecified atom stereocenters. The summed E-state index contributed by atoms with van der Waals surface area (Å²) in [7, 11) is 1.99. The fraction of sp³-hybridized carbons (Fsp3) is 0.692. The van der Waals surface area contributed by atoms with E-state index in [0.29, 0.717) is 5.92 Å². The maximum Gasteiger partial charge on any atom is 0.0127 e. The van der Waals surface area contributed by atoms with Crippen LogP contribution in [0.3, 0.4) is 0 Å². The third kappa shape index (κ3) is 9.37. The van der Waals surface area contributed by atoms with Gasteiger partial charge in [-0.1, -0.05) is 54.7 Å². The van der Waals surface area contributed by atoms with E-state index in [1.807, 2.05) is 46.6 Å². The second kappa shape index (κ2) is 12.3. The lowest BCUT2D eigenvalue weighted by Gasteiger charge is -2.24. The molecule has 0 aromatic rings. The normalized spacial score (nSPS) is 7.79. The summed E-state index contributed by atoms with van der Waals surface area (Å²) < 4.78 is 0. The van der Waals surface area contributed by atoms with Crippen LogP contribution in [0.2, 0.25) is 0 Å². The Labute approximate surface area is 91.5 Å². The van der Waals surface area contributed by atoms with Gasteiger partial charge >= 0.3 is 0 Å². The van der Waals surface area contributed by atoms with E-state index >= 15 is 0 Å². The van der Waals surface area contributed by atoms with Gasteiger partial charge in [-0.05, 0) is 12.8 Å². The maximum atomic E-state index is 3.94. The molecule has 0 bridgehead atoms. The summed E-state index contributed by atoms with van der Waals surface area (Å²) in [5.41, 5.74) is 2.16. The van der Waals surface area contributed by atoms with Gasteiger partial charge in [0, 0.05) is 18.4 Å². The van der Waals surface area contributed by atoms with E-state index in [1.54, 1.807) is 0 Å². The van der Waals surface area contributed by atoms with Crippen molar-refractivity contribution in [1.29, 1.82) is 0 Å². The summed E-state index contributed by atoms with van der Waals surface area (Å²) >= 11 is 0. The molecule has 0 aliphatic rings. The van der Waals surface area contributed by atoms with Crippen LogP contribution in [-0.4, -0.2) is 11.9 Å². The van der Waals surface area contributed by atoms with Gasteiger partial charge in [-0.25, -0.2) is 0 Å². The lowest BCUT2D eigenvalue weighted by Crippen LogP contribution is -2.17. The van der Waals surface area contributed by atoms with Crippen LogP contribution in [0.1, 0.15) is 48.5 Å². The van der Waals surface area contributed by atoms with Gasteiger partial charge in [0.15, 0.2) is 0 Å². The van der Waals surface area contributed by atoms with E-state index in [9.17, 15) is 0 Å². The molecule has 0 aromatic heterocycles. The Balaban J connectivity index is -0.000000266. The van der Waals surface area contributed by atoms with Crippen LogP contribution in [0.15, 0.2) is 24.6 Å². The lowest BCUT2D eigenvalue weighted by molar-refractivity contribution is 0.459. The Bertz CT molecular complexity index is 145. The molecule has 0 saturated heterocycles. The minimum absolute atomic E-state index is 0.502. The summed E-state index contributed by atoms with van der Waals surface area (Å²) in [6.45, 7) is 22.0. The first-order chi connectivity index (χ1) is 6.46. The van der Waals surface area contributed by atoms with Crippen molar-refractivity contribution >= 4 is 0 Å². The first-order valence-electron chi connectivity index (χ1n) is 5.54. The second-order valence-electron chi connectivity index (χ2n) is 2.94. The van der Waals surface area contributed by atoms with Crippen molar-refractivity contribution < 1.29 is 0 Å². The average Bonchev–Trinajstić information content (AvgIpc) is 2.21. The summed E-state index contributed by atoms with van der Waals surface area (Å²) in [5.74, 6) is 0.502. The third-order valence-electron chi connectivity index (χ3n) is 1.67. The van der Waals surface area contributed by atoms with Crippen LogP contribution in [0.25, 0.3) is 0 Å². The van der Waals surface area contributed by atoms with Crippen LogP contribution in [0.4, 0.5) is 0 Å².